The van der Waals surface area contributed by atoms with E-state index in [0.29, 0.717) is 26.2 Å². The molecule has 24 heavy (non-hydrogen) atoms. The van der Waals surface area contributed by atoms with E-state index in [1.54, 1.807) is 9.80 Å². The smallest absolute Gasteiger partial charge is 0.234 e. The first-order chi connectivity index (χ1) is 11.6. The maximum Gasteiger partial charge on any atom is 0.234 e. The van der Waals surface area contributed by atoms with Gasteiger partial charge in [0.25, 0.3) is 0 Å². The summed E-state index contributed by atoms with van der Waals surface area (Å²) in [5.41, 5.74) is 0. The van der Waals surface area contributed by atoms with Crippen molar-refractivity contribution >= 4 is 11.8 Å². The van der Waals surface area contributed by atoms with Crippen LogP contribution in [0.1, 0.15) is 0 Å². The second-order valence-electron chi connectivity index (χ2n) is 5.15. The summed E-state index contributed by atoms with van der Waals surface area (Å²) in [7, 11) is 0. The normalized spacial score (nSPS) is 11.1. The van der Waals surface area contributed by atoms with Gasteiger partial charge in [0.1, 0.15) is 0 Å². The minimum Gasteiger partial charge on any atom is -0.395 e. The number of carbonyl (C=O) groups is 2. The summed E-state index contributed by atoms with van der Waals surface area (Å²) in [6.45, 7) is 1.48. The molecule has 0 fully saturated rings. The van der Waals surface area contributed by atoms with E-state index in [2.05, 4.69) is 10.6 Å². The molecule has 0 aliphatic carbocycles. The Bertz CT molecular complexity index is 301. The zero-order chi connectivity index (χ0) is 18.2. The SMILES string of the molecule is O=C(CN(CCO)CCO)NCCNC(=O)CN(CCO)CCO. The monoisotopic (exact) mass is 350 g/mol. The molecule has 0 saturated carbocycles. The molecule has 0 aliphatic heterocycles. The van der Waals surface area contributed by atoms with Crippen LogP contribution in [0.15, 0.2) is 0 Å². The van der Waals surface area contributed by atoms with Crippen LogP contribution in [0.4, 0.5) is 0 Å². The standard InChI is InChI=1S/C14H30N4O6/c19-7-3-17(4-8-20)11-13(23)15-1-2-16-14(24)12-18(5-9-21)6-10-22/h19-22H,1-12H2,(H,15,23)(H,16,24). The van der Waals surface area contributed by atoms with Gasteiger partial charge in [-0.1, -0.05) is 0 Å². The molecular weight excluding hydrogens is 320 g/mol. The summed E-state index contributed by atoms with van der Waals surface area (Å²) < 4.78 is 0. The second kappa shape index (κ2) is 15.2. The van der Waals surface area contributed by atoms with Gasteiger partial charge in [0.05, 0.1) is 39.5 Å². The lowest BCUT2D eigenvalue weighted by Crippen LogP contribution is -2.44. The van der Waals surface area contributed by atoms with Crippen molar-refractivity contribution in [3.05, 3.63) is 0 Å². The number of nitrogens with zero attached hydrogens (tertiary/aromatic N) is 2. The first kappa shape index (κ1) is 22.7. The van der Waals surface area contributed by atoms with E-state index in [0.717, 1.165) is 0 Å². The van der Waals surface area contributed by atoms with E-state index in [9.17, 15) is 9.59 Å². The third-order valence-electron chi connectivity index (χ3n) is 3.17. The van der Waals surface area contributed by atoms with Gasteiger partial charge in [-0.2, -0.15) is 0 Å². The van der Waals surface area contributed by atoms with Crippen molar-refractivity contribution in [3.63, 3.8) is 0 Å². The van der Waals surface area contributed by atoms with Gasteiger partial charge in [-0.05, 0) is 0 Å². The largest absolute Gasteiger partial charge is 0.395 e. The van der Waals surface area contributed by atoms with Crippen molar-refractivity contribution in [2.45, 2.75) is 0 Å². The average Bonchev–Trinajstić information content (AvgIpc) is 2.52. The van der Waals surface area contributed by atoms with Crippen molar-refractivity contribution in [3.8, 4) is 0 Å². The molecule has 0 atom stereocenters. The van der Waals surface area contributed by atoms with Gasteiger partial charge in [0.15, 0.2) is 0 Å². The topological polar surface area (TPSA) is 146 Å². The van der Waals surface area contributed by atoms with Crippen LogP contribution in [0.25, 0.3) is 0 Å². The van der Waals surface area contributed by atoms with E-state index in [1.165, 1.54) is 0 Å². The quantitative estimate of drug-likeness (QED) is 0.163. The molecule has 0 rings (SSSR count). The first-order valence-electron chi connectivity index (χ1n) is 7.98. The summed E-state index contributed by atoms with van der Waals surface area (Å²) in [4.78, 5) is 26.6. The third-order valence-corrected chi connectivity index (χ3v) is 3.17. The first-order valence-corrected chi connectivity index (χ1v) is 7.98. The van der Waals surface area contributed by atoms with Crippen LogP contribution in [0, 0.1) is 0 Å². The lowest BCUT2D eigenvalue weighted by molar-refractivity contribution is -0.124. The molecule has 0 unspecified atom stereocenters. The molecule has 0 aromatic rings. The molecule has 0 aromatic heterocycles. The Morgan fingerprint density at radius 2 is 0.917 bits per heavy atom. The Morgan fingerprint density at radius 3 is 1.17 bits per heavy atom. The highest BCUT2D eigenvalue weighted by molar-refractivity contribution is 5.79. The molecule has 142 valence electrons. The van der Waals surface area contributed by atoms with Crippen LogP contribution in [-0.2, 0) is 9.59 Å². The van der Waals surface area contributed by atoms with Crippen LogP contribution in [0.5, 0.6) is 0 Å². The van der Waals surface area contributed by atoms with Crippen molar-refractivity contribution in [1.82, 2.24) is 20.4 Å². The van der Waals surface area contributed by atoms with Crippen molar-refractivity contribution in [1.29, 1.82) is 0 Å². The number of hydrogen-bond donors (Lipinski definition) is 6. The number of amides is 2. The Kier molecular flexibility index (Phi) is 14.4. The number of hydrogen-bond acceptors (Lipinski definition) is 8. The minimum atomic E-state index is -0.256. The molecule has 0 aromatic carbocycles. The van der Waals surface area contributed by atoms with Gasteiger partial charge in [-0.3, -0.25) is 19.4 Å². The number of carbonyl (C=O) groups excluding carboxylic acids is 2. The maximum atomic E-state index is 11.7. The summed E-state index contributed by atoms with van der Waals surface area (Å²) in [5.74, 6) is -0.512. The van der Waals surface area contributed by atoms with Gasteiger partial charge in [0.2, 0.25) is 11.8 Å². The number of aliphatic hydroxyl groups excluding tert-OH is 4. The summed E-state index contributed by atoms with van der Waals surface area (Å²) in [6.07, 6.45) is 0. The number of rotatable bonds is 15. The molecule has 0 saturated heterocycles. The summed E-state index contributed by atoms with van der Waals surface area (Å²) in [6, 6.07) is 0. The lowest BCUT2D eigenvalue weighted by Gasteiger charge is -2.20. The van der Waals surface area contributed by atoms with Crippen LogP contribution in [0.3, 0.4) is 0 Å². The molecule has 0 radical (unpaired) electrons. The zero-order valence-electron chi connectivity index (χ0n) is 14.0. The molecule has 0 bridgehead atoms. The summed E-state index contributed by atoms with van der Waals surface area (Å²) >= 11 is 0. The Balaban J connectivity index is 3.89. The van der Waals surface area contributed by atoms with E-state index in [1.807, 2.05) is 0 Å². The second-order valence-corrected chi connectivity index (χ2v) is 5.15. The maximum absolute atomic E-state index is 11.7. The van der Waals surface area contributed by atoms with E-state index >= 15 is 0 Å². The molecule has 10 nitrogen and oxygen atoms in total. The predicted octanol–water partition coefficient (Wildman–Crippen LogP) is -4.21. The lowest BCUT2D eigenvalue weighted by atomic mass is 10.4. The average molecular weight is 350 g/mol. The van der Waals surface area contributed by atoms with Gasteiger partial charge in [0, 0.05) is 39.3 Å². The molecule has 10 heteroatoms. The van der Waals surface area contributed by atoms with Crippen LogP contribution >= 0.6 is 0 Å². The Hall–Kier alpha value is -1.30. The van der Waals surface area contributed by atoms with E-state index < -0.39 is 0 Å². The van der Waals surface area contributed by atoms with E-state index in [-0.39, 0.29) is 64.4 Å². The predicted molar refractivity (Wildman–Crippen MR) is 87.2 cm³/mol. The Morgan fingerprint density at radius 1 is 0.625 bits per heavy atom. The molecule has 0 aliphatic rings. The van der Waals surface area contributed by atoms with E-state index in [4.69, 9.17) is 20.4 Å². The zero-order valence-corrected chi connectivity index (χ0v) is 14.0. The van der Waals surface area contributed by atoms with Crippen LogP contribution in [-0.4, -0.2) is 121 Å². The fraction of sp³-hybridized carbons (Fsp3) is 0.857. The van der Waals surface area contributed by atoms with Crippen molar-refractivity contribution in [2.24, 2.45) is 0 Å². The molecule has 0 spiro atoms. The highest BCUT2D eigenvalue weighted by Crippen LogP contribution is 1.87. The molecule has 0 heterocycles. The highest BCUT2D eigenvalue weighted by Gasteiger charge is 2.11. The molecular formula is C14H30N4O6. The molecule has 6 N–H and O–H groups in total. The third kappa shape index (κ3) is 12.2. The number of aliphatic hydroxyl groups is 4. The fourth-order valence-electron chi connectivity index (χ4n) is 2.03. The van der Waals surface area contributed by atoms with Crippen LogP contribution < -0.4 is 10.6 Å². The fourth-order valence-corrected chi connectivity index (χ4v) is 2.03. The highest BCUT2D eigenvalue weighted by atomic mass is 16.3. The number of nitrogens with one attached hydrogen (secondary N) is 2. The van der Waals surface area contributed by atoms with Gasteiger partial charge in [-0.15, -0.1) is 0 Å². The van der Waals surface area contributed by atoms with Gasteiger partial charge < -0.3 is 31.1 Å². The van der Waals surface area contributed by atoms with Gasteiger partial charge in [-0.25, -0.2) is 0 Å². The van der Waals surface area contributed by atoms with Gasteiger partial charge >= 0.3 is 0 Å². The minimum absolute atomic E-state index is 0.0653. The summed E-state index contributed by atoms with van der Waals surface area (Å²) in [5, 5.41) is 40.7. The Labute approximate surface area is 142 Å². The van der Waals surface area contributed by atoms with Crippen molar-refractivity contribution < 1.29 is 30.0 Å². The molecule has 2 amide bonds. The van der Waals surface area contributed by atoms with Crippen LogP contribution in [0.2, 0.25) is 0 Å². The van der Waals surface area contributed by atoms with Crippen molar-refractivity contribution in [2.75, 3.05) is 78.8 Å².